The molecule has 1 aromatic rings. The molecule has 0 aromatic heterocycles. The molecular weight excluding hydrogens is 338 g/mol. The van der Waals surface area contributed by atoms with E-state index in [2.05, 4.69) is 31.4 Å². The van der Waals surface area contributed by atoms with E-state index in [1.165, 1.54) is 6.42 Å². The molecule has 2 rings (SSSR count). The second-order valence-electron chi connectivity index (χ2n) is 8.44. The molecule has 0 radical (unpaired) electrons. The molecule has 4 N–H and O–H groups in total. The van der Waals surface area contributed by atoms with Crippen molar-refractivity contribution in [2.24, 2.45) is 29.4 Å². The third kappa shape index (κ3) is 6.06. The van der Waals surface area contributed by atoms with Gasteiger partial charge in [0.15, 0.2) is 0 Å². The third-order valence-electron chi connectivity index (χ3n) is 5.77. The summed E-state index contributed by atoms with van der Waals surface area (Å²) >= 11 is 0. The predicted octanol–water partition coefficient (Wildman–Crippen LogP) is 3.02. The van der Waals surface area contributed by atoms with Gasteiger partial charge in [0, 0.05) is 12.5 Å². The van der Waals surface area contributed by atoms with Crippen LogP contribution >= 0.6 is 0 Å². The Bertz CT molecular complexity index is 615. The number of carbonyl (C=O) groups is 2. The van der Waals surface area contributed by atoms with Crippen LogP contribution in [-0.2, 0) is 9.59 Å². The summed E-state index contributed by atoms with van der Waals surface area (Å²) in [5.41, 5.74) is 6.66. The summed E-state index contributed by atoms with van der Waals surface area (Å²) in [6.45, 7) is 8.67. The maximum absolute atomic E-state index is 13.0. The zero-order valence-corrected chi connectivity index (χ0v) is 17.1. The molecule has 1 aliphatic carbocycles. The van der Waals surface area contributed by atoms with E-state index in [1.54, 1.807) is 6.92 Å². The highest BCUT2D eigenvalue weighted by atomic mass is 16.2. The summed E-state index contributed by atoms with van der Waals surface area (Å²) in [5.74, 6) is 1.44. The average Bonchev–Trinajstić information content (AvgIpc) is 2.64. The average molecular weight is 374 g/mol. The minimum absolute atomic E-state index is 0.0503. The molecule has 1 fully saturated rings. The van der Waals surface area contributed by atoms with E-state index in [-0.39, 0.29) is 23.8 Å². The third-order valence-corrected chi connectivity index (χ3v) is 5.77. The first-order valence-electron chi connectivity index (χ1n) is 10.2. The van der Waals surface area contributed by atoms with Crippen LogP contribution in [0.3, 0.4) is 0 Å². The van der Waals surface area contributed by atoms with Gasteiger partial charge in [-0.3, -0.25) is 9.59 Å². The number of rotatable bonds is 7. The van der Waals surface area contributed by atoms with Crippen molar-refractivity contribution in [2.45, 2.75) is 59.0 Å². The molecule has 0 heterocycles. The fourth-order valence-corrected chi connectivity index (χ4v) is 4.08. The standard InChI is InChI=1S/C22H35N3O2/c1-14(2)18-11-10-15(3)12-19(18)22(27)24-13-20(25-21(26)16(4)23)17-8-6-5-7-9-17/h5-9,14-16,18-20H,10-13,23H2,1-4H3,(H,24,27)(H,25,26)/t15?,16-,18?,19?,20?/m1/s1. The quantitative estimate of drug-likeness (QED) is 0.687. The van der Waals surface area contributed by atoms with Gasteiger partial charge in [0.05, 0.1) is 12.1 Å². The Hall–Kier alpha value is -1.88. The van der Waals surface area contributed by atoms with Gasteiger partial charge in [0.2, 0.25) is 11.8 Å². The van der Waals surface area contributed by atoms with Crippen LogP contribution in [0.2, 0.25) is 0 Å². The number of carbonyl (C=O) groups excluding carboxylic acids is 2. The molecule has 1 saturated carbocycles. The highest BCUT2D eigenvalue weighted by Gasteiger charge is 2.35. The van der Waals surface area contributed by atoms with Gasteiger partial charge in [-0.05, 0) is 43.1 Å². The fraction of sp³-hybridized carbons (Fsp3) is 0.636. The van der Waals surface area contributed by atoms with Gasteiger partial charge in [0.25, 0.3) is 0 Å². The van der Waals surface area contributed by atoms with E-state index in [1.807, 2.05) is 30.3 Å². The van der Waals surface area contributed by atoms with E-state index in [0.29, 0.717) is 24.3 Å². The Labute approximate surface area is 163 Å². The molecule has 27 heavy (non-hydrogen) atoms. The van der Waals surface area contributed by atoms with Gasteiger partial charge in [0.1, 0.15) is 0 Å². The molecule has 1 aliphatic rings. The Morgan fingerprint density at radius 1 is 1.15 bits per heavy atom. The molecule has 4 unspecified atom stereocenters. The van der Waals surface area contributed by atoms with Gasteiger partial charge < -0.3 is 16.4 Å². The zero-order chi connectivity index (χ0) is 20.0. The van der Waals surface area contributed by atoms with Gasteiger partial charge in [-0.1, -0.05) is 57.5 Å². The fourth-order valence-electron chi connectivity index (χ4n) is 4.08. The van der Waals surface area contributed by atoms with Crippen molar-refractivity contribution in [2.75, 3.05) is 6.54 Å². The van der Waals surface area contributed by atoms with Crippen molar-refractivity contribution in [3.63, 3.8) is 0 Å². The summed E-state index contributed by atoms with van der Waals surface area (Å²) in [6, 6.07) is 8.84. The van der Waals surface area contributed by atoms with Crippen LogP contribution < -0.4 is 16.4 Å². The first kappa shape index (κ1) is 21.4. The molecule has 0 bridgehead atoms. The van der Waals surface area contributed by atoms with Crippen molar-refractivity contribution in [1.29, 1.82) is 0 Å². The van der Waals surface area contributed by atoms with Crippen LogP contribution in [0.1, 0.15) is 58.6 Å². The second-order valence-corrected chi connectivity index (χ2v) is 8.44. The monoisotopic (exact) mass is 373 g/mol. The normalized spacial score (nSPS) is 24.9. The van der Waals surface area contributed by atoms with Crippen molar-refractivity contribution < 1.29 is 9.59 Å². The molecule has 0 spiro atoms. The summed E-state index contributed by atoms with van der Waals surface area (Å²) in [6.07, 6.45) is 3.25. The van der Waals surface area contributed by atoms with Crippen LogP contribution in [0.5, 0.6) is 0 Å². The summed E-state index contributed by atoms with van der Waals surface area (Å²) in [5, 5.41) is 6.06. The van der Waals surface area contributed by atoms with Crippen LogP contribution in [0.4, 0.5) is 0 Å². The minimum atomic E-state index is -0.587. The lowest BCUT2D eigenvalue weighted by Gasteiger charge is -2.36. The lowest BCUT2D eigenvalue weighted by atomic mass is 9.70. The van der Waals surface area contributed by atoms with Crippen molar-refractivity contribution in [3.05, 3.63) is 35.9 Å². The number of hydrogen-bond donors (Lipinski definition) is 3. The van der Waals surface area contributed by atoms with Crippen LogP contribution in [0.25, 0.3) is 0 Å². The van der Waals surface area contributed by atoms with Gasteiger partial charge in [-0.2, -0.15) is 0 Å². The molecular formula is C22H35N3O2. The smallest absolute Gasteiger partial charge is 0.237 e. The predicted molar refractivity (Wildman–Crippen MR) is 109 cm³/mol. The first-order valence-corrected chi connectivity index (χ1v) is 10.2. The number of nitrogens with one attached hydrogen (secondary N) is 2. The molecule has 5 nitrogen and oxygen atoms in total. The lowest BCUT2D eigenvalue weighted by Crippen LogP contribution is -2.46. The van der Waals surface area contributed by atoms with Crippen LogP contribution in [0, 0.1) is 23.7 Å². The maximum Gasteiger partial charge on any atom is 0.237 e. The molecule has 5 heteroatoms. The molecule has 5 atom stereocenters. The van der Waals surface area contributed by atoms with Crippen LogP contribution in [0.15, 0.2) is 30.3 Å². The van der Waals surface area contributed by atoms with Crippen LogP contribution in [-0.4, -0.2) is 24.4 Å². The van der Waals surface area contributed by atoms with Crippen molar-refractivity contribution >= 4 is 11.8 Å². The SMILES string of the molecule is CC1CCC(C(C)C)C(C(=O)NCC(NC(=O)[C@@H](C)N)c2ccccc2)C1. The molecule has 2 amide bonds. The first-order chi connectivity index (χ1) is 12.8. The summed E-state index contributed by atoms with van der Waals surface area (Å²) in [4.78, 5) is 25.1. The van der Waals surface area contributed by atoms with Crippen molar-refractivity contribution in [3.8, 4) is 0 Å². The molecule has 1 aromatic carbocycles. The van der Waals surface area contributed by atoms with E-state index in [0.717, 1.165) is 18.4 Å². The topological polar surface area (TPSA) is 84.2 Å². The number of hydrogen-bond acceptors (Lipinski definition) is 3. The van der Waals surface area contributed by atoms with Gasteiger partial charge in [-0.15, -0.1) is 0 Å². The maximum atomic E-state index is 13.0. The summed E-state index contributed by atoms with van der Waals surface area (Å²) in [7, 11) is 0. The Balaban J connectivity index is 2.06. The Kier molecular flexibility index (Phi) is 7.84. The van der Waals surface area contributed by atoms with E-state index >= 15 is 0 Å². The van der Waals surface area contributed by atoms with Gasteiger partial charge >= 0.3 is 0 Å². The molecule has 0 aliphatic heterocycles. The summed E-state index contributed by atoms with van der Waals surface area (Å²) < 4.78 is 0. The number of amides is 2. The lowest BCUT2D eigenvalue weighted by molar-refractivity contribution is -0.130. The Morgan fingerprint density at radius 2 is 1.81 bits per heavy atom. The molecule has 150 valence electrons. The molecule has 0 saturated heterocycles. The number of nitrogens with two attached hydrogens (primary N) is 1. The highest BCUT2D eigenvalue weighted by Crippen LogP contribution is 2.38. The second kappa shape index (κ2) is 9.88. The largest absolute Gasteiger partial charge is 0.353 e. The van der Waals surface area contributed by atoms with E-state index in [9.17, 15) is 9.59 Å². The minimum Gasteiger partial charge on any atom is -0.353 e. The van der Waals surface area contributed by atoms with Crippen molar-refractivity contribution in [1.82, 2.24) is 10.6 Å². The van der Waals surface area contributed by atoms with E-state index in [4.69, 9.17) is 5.73 Å². The Morgan fingerprint density at radius 3 is 2.41 bits per heavy atom. The van der Waals surface area contributed by atoms with E-state index < -0.39 is 6.04 Å². The number of benzene rings is 1. The highest BCUT2D eigenvalue weighted by molar-refractivity contribution is 5.82. The zero-order valence-electron chi connectivity index (χ0n) is 17.1. The van der Waals surface area contributed by atoms with Gasteiger partial charge in [-0.25, -0.2) is 0 Å².